The first-order valence-corrected chi connectivity index (χ1v) is 5.28. The third-order valence-corrected chi connectivity index (χ3v) is 4.06. The number of fused-ring (bicyclic) bond motifs is 1. The number of carboxylic acids is 1. The molecule has 0 atom stereocenters. The molecule has 1 aliphatic rings. The summed E-state index contributed by atoms with van der Waals surface area (Å²) in [7, 11) is 0. The summed E-state index contributed by atoms with van der Waals surface area (Å²) < 4.78 is 13.2. The van der Waals surface area contributed by atoms with Crippen molar-refractivity contribution in [2.75, 3.05) is 0 Å². The predicted molar refractivity (Wildman–Crippen MR) is 46.2 cm³/mol. The third-order valence-electron chi connectivity index (χ3n) is 1.70. The fraction of sp³-hybridized carbons (Fsp3) is 0.286. The second-order valence-electron chi connectivity index (χ2n) is 2.44. The van der Waals surface area contributed by atoms with E-state index in [1.54, 1.807) is 11.8 Å². The van der Waals surface area contributed by atoms with Gasteiger partial charge in [0.1, 0.15) is 4.88 Å². The zero-order valence-electron chi connectivity index (χ0n) is 5.96. The standard InChI is InChI=1S/C7H5FO2S2/c8-5-3-1-11-2-4(3)12-6(5)7(9)10/h1-2H2,(H,9,10). The molecule has 12 heavy (non-hydrogen) atoms. The van der Waals surface area contributed by atoms with Crippen LogP contribution in [0, 0.1) is 5.82 Å². The van der Waals surface area contributed by atoms with E-state index in [1.807, 2.05) is 0 Å². The van der Waals surface area contributed by atoms with Gasteiger partial charge < -0.3 is 5.11 Å². The van der Waals surface area contributed by atoms with E-state index in [1.165, 1.54) is 0 Å². The molecule has 1 aromatic heterocycles. The zero-order chi connectivity index (χ0) is 8.72. The third kappa shape index (κ3) is 1.04. The molecule has 0 aromatic carbocycles. The second kappa shape index (κ2) is 2.74. The van der Waals surface area contributed by atoms with Crippen molar-refractivity contribution in [3.8, 4) is 0 Å². The zero-order valence-corrected chi connectivity index (χ0v) is 7.60. The first kappa shape index (κ1) is 8.07. The molecule has 1 N–H and O–H groups in total. The molecule has 0 radical (unpaired) electrons. The monoisotopic (exact) mass is 204 g/mol. The highest BCUT2D eigenvalue weighted by Gasteiger charge is 2.25. The van der Waals surface area contributed by atoms with Gasteiger partial charge in [-0.05, 0) is 0 Å². The van der Waals surface area contributed by atoms with Gasteiger partial charge in [-0.2, -0.15) is 11.8 Å². The molecular weight excluding hydrogens is 199 g/mol. The van der Waals surface area contributed by atoms with Crippen LogP contribution in [0.15, 0.2) is 0 Å². The van der Waals surface area contributed by atoms with Crippen LogP contribution >= 0.6 is 23.1 Å². The van der Waals surface area contributed by atoms with E-state index >= 15 is 0 Å². The Kier molecular flexibility index (Phi) is 1.84. The van der Waals surface area contributed by atoms with Gasteiger partial charge in [-0.1, -0.05) is 0 Å². The quantitative estimate of drug-likeness (QED) is 0.762. The number of rotatable bonds is 1. The molecule has 64 valence electrons. The molecule has 0 bridgehead atoms. The second-order valence-corrected chi connectivity index (χ2v) is 4.54. The maximum atomic E-state index is 13.2. The van der Waals surface area contributed by atoms with Crippen LogP contribution in [-0.2, 0) is 11.5 Å². The number of aromatic carboxylic acids is 1. The molecule has 2 rings (SSSR count). The predicted octanol–water partition coefficient (Wildman–Crippen LogP) is 2.33. The number of halogens is 1. The van der Waals surface area contributed by atoms with Crippen molar-refractivity contribution in [2.24, 2.45) is 0 Å². The summed E-state index contributed by atoms with van der Waals surface area (Å²) in [5, 5.41) is 8.59. The summed E-state index contributed by atoms with van der Waals surface area (Å²) in [6.07, 6.45) is 0. The maximum Gasteiger partial charge on any atom is 0.348 e. The molecule has 2 nitrogen and oxygen atoms in total. The Hall–Kier alpha value is -0.550. The summed E-state index contributed by atoms with van der Waals surface area (Å²) in [5.74, 6) is -0.306. The van der Waals surface area contributed by atoms with Crippen molar-refractivity contribution in [1.29, 1.82) is 0 Å². The fourth-order valence-corrected chi connectivity index (χ4v) is 3.51. The van der Waals surface area contributed by atoms with Crippen LogP contribution in [0.3, 0.4) is 0 Å². The Bertz CT molecular complexity index is 345. The average Bonchev–Trinajstić information content (AvgIpc) is 2.53. The van der Waals surface area contributed by atoms with Crippen LogP contribution < -0.4 is 0 Å². The summed E-state index contributed by atoms with van der Waals surface area (Å²) in [4.78, 5) is 11.2. The normalized spacial score (nSPS) is 14.8. The molecule has 1 aliphatic heterocycles. The Balaban J connectivity index is 2.54. The summed E-state index contributed by atoms with van der Waals surface area (Å²) >= 11 is 2.68. The molecule has 1 aromatic rings. The molecule has 0 fully saturated rings. The Morgan fingerprint density at radius 3 is 2.83 bits per heavy atom. The van der Waals surface area contributed by atoms with Gasteiger partial charge in [0.15, 0.2) is 5.82 Å². The molecular formula is C7H5FO2S2. The van der Waals surface area contributed by atoms with Crippen molar-refractivity contribution < 1.29 is 14.3 Å². The molecule has 2 heterocycles. The minimum Gasteiger partial charge on any atom is -0.477 e. The van der Waals surface area contributed by atoms with Crippen LogP contribution in [0.25, 0.3) is 0 Å². The minimum absolute atomic E-state index is 0.139. The molecule has 0 spiro atoms. The summed E-state index contributed by atoms with van der Waals surface area (Å²) in [6, 6.07) is 0. The van der Waals surface area contributed by atoms with E-state index in [9.17, 15) is 9.18 Å². The van der Waals surface area contributed by atoms with E-state index < -0.39 is 11.8 Å². The average molecular weight is 204 g/mol. The lowest BCUT2D eigenvalue weighted by Crippen LogP contribution is -1.95. The van der Waals surface area contributed by atoms with Crippen molar-refractivity contribution in [1.82, 2.24) is 0 Å². The number of hydrogen-bond donors (Lipinski definition) is 1. The molecule has 5 heteroatoms. The number of thioether (sulfide) groups is 1. The summed E-state index contributed by atoms with van der Waals surface area (Å²) in [6.45, 7) is 0. The van der Waals surface area contributed by atoms with Crippen molar-refractivity contribution in [2.45, 2.75) is 11.5 Å². The number of thiophene rings is 1. The van der Waals surface area contributed by atoms with Crippen LogP contribution in [0.1, 0.15) is 20.1 Å². The van der Waals surface area contributed by atoms with Gasteiger partial charge in [0.25, 0.3) is 0 Å². The number of hydrogen-bond acceptors (Lipinski definition) is 3. The molecule has 0 saturated carbocycles. The molecule has 0 saturated heterocycles. The number of carboxylic acid groups (broad SMARTS) is 1. The molecule has 0 unspecified atom stereocenters. The van der Waals surface area contributed by atoms with Gasteiger partial charge in [0.2, 0.25) is 0 Å². The first-order valence-electron chi connectivity index (χ1n) is 3.31. The van der Waals surface area contributed by atoms with Gasteiger partial charge in [-0.15, -0.1) is 11.3 Å². The van der Waals surface area contributed by atoms with Gasteiger partial charge in [-0.25, -0.2) is 9.18 Å². The Labute approximate surface area is 76.4 Å². The highest BCUT2D eigenvalue weighted by Crippen LogP contribution is 2.38. The van der Waals surface area contributed by atoms with Crippen LogP contribution in [-0.4, -0.2) is 11.1 Å². The highest BCUT2D eigenvalue weighted by atomic mass is 32.2. The molecule has 0 aliphatic carbocycles. The van der Waals surface area contributed by atoms with Gasteiger partial charge in [-0.3, -0.25) is 0 Å². The largest absolute Gasteiger partial charge is 0.477 e. The lowest BCUT2D eigenvalue weighted by molar-refractivity contribution is 0.0697. The summed E-state index contributed by atoms with van der Waals surface area (Å²) in [5.41, 5.74) is 0.599. The van der Waals surface area contributed by atoms with Gasteiger partial charge in [0, 0.05) is 21.9 Å². The van der Waals surface area contributed by atoms with Crippen LogP contribution in [0.5, 0.6) is 0 Å². The minimum atomic E-state index is -1.16. The van der Waals surface area contributed by atoms with Crippen molar-refractivity contribution in [3.05, 3.63) is 21.1 Å². The smallest absolute Gasteiger partial charge is 0.348 e. The lowest BCUT2D eigenvalue weighted by Gasteiger charge is -1.89. The Morgan fingerprint density at radius 2 is 2.25 bits per heavy atom. The van der Waals surface area contributed by atoms with E-state index in [-0.39, 0.29) is 4.88 Å². The van der Waals surface area contributed by atoms with Crippen molar-refractivity contribution >= 4 is 29.1 Å². The van der Waals surface area contributed by atoms with Crippen LogP contribution in [0.2, 0.25) is 0 Å². The topological polar surface area (TPSA) is 37.3 Å². The maximum absolute atomic E-state index is 13.2. The van der Waals surface area contributed by atoms with Gasteiger partial charge >= 0.3 is 5.97 Å². The highest BCUT2D eigenvalue weighted by molar-refractivity contribution is 7.98. The van der Waals surface area contributed by atoms with Crippen molar-refractivity contribution in [3.63, 3.8) is 0 Å². The molecule has 0 amide bonds. The first-order chi connectivity index (χ1) is 5.70. The van der Waals surface area contributed by atoms with E-state index in [0.29, 0.717) is 11.3 Å². The fourth-order valence-electron chi connectivity index (χ4n) is 1.13. The lowest BCUT2D eigenvalue weighted by atomic mass is 10.2. The van der Waals surface area contributed by atoms with Crippen LogP contribution in [0.4, 0.5) is 4.39 Å². The number of carbonyl (C=O) groups is 1. The van der Waals surface area contributed by atoms with E-state index in [0.717, 1.165) is 22.0 Å². The Morgan fingerprint density at radius 1 is 1.50 bits per heavy atom. The van der Waals surface area contributed by atoms with E-state index in [2.05, 4.69) is 0 Å². The SMILES string of the molecule is O=C(O)c1sc2c(c1F)CSC2. The van der Waals surface area contributed by atoms with Gasteiger partial charge in [0.05, 0.1) is 0 Å². The van der Waals surface area contributed by atoms with E-state index in [4.69, 9.17) is 5.11 Å².